The summed E-state index contributed by atoms with van der Waals surface area (Å²) < 4.78 is 11.3. The van der Waals surface area contributed by atoms with E-state index in [1.165, 1.54) is 0 Å². The Morgan fingerprint density at radius 3 is 2.59 bits per heavy atom. The van der Waals surface area contributed by atoms with Crippen molar-refractivity contribution in [3.05, 3.63) is 96.2 Å². The molecule has 0 unspecified atom stereocenters. The third kappa shape index (κ3) is 5.98. The van der Waals surface area contributed by atoms with E-state index in [1.807, 2.05) is 84.9 Å². The molecule has 0 spiro atoms. The van der Waals surface area contributed by atoms with Crippen LogP contribution in [0.5, 0.6) is 11.5 Å². The minimum atomic E-state index is 0.555. The molecule has 6 nitrogen and oxygen atoms in total. The largest absolute Gasteiger partial charge is 0.493 e. The van der Waals surface area contributed by atoms with Crippen LogP contribution < -0.4 is 14.9 Å². The van der Waals surface area contributed by atoms with Gasteiger partial charge < -0.3 is 9.47 Å². The van der Waals surface area contributed by atoms with Gasteiger partial charge in [-0.15, -0.1) is 0 Å². The van der Waals surface area contributed by atoms with Crippen LogP contribution in [0.3, 0.4) is 0 Å². The Kier molecular flexibility index (Phi) is 7.85. The second-order valence-electron chi connectivity index (χ2n) is 7.67. The fourth-order valence-corrected chi connectivity index (χ4v) is 3.35. The number of pyridine rings is 1. The second kappa shape index (κ2) is 11.6. The van der Waals surface area contributed by atoms with Crippen molar-refractivity contribution < 1.29 is 9.47 Å². The van der Waals surface area contributed by atoms with Crippen molar-refractivity contribution in [1.82, 2.24) is 10.4 Å². The maximum absolute atomic E-state index is 5.81. The van der Waals surface area contributed by atoms with Crippen molar-refractivity contribution in [1.29, 1.82) is 0 Å². The van der Waals surface area contributed by atoms with Crippen LogP contribution in [0.2, 0.25) is 0 Å². The number of aliphatic imine (C=N–C) groups is 1. The molecule has 4 rings (SSSR count). The number of benzene rings is 3. The van der Waals surface area contributed by atoms with Crippen molar-refractivity contribution in [2.24, 2.45) is 10.1 Å². The normalized spacial score (nSPS) is 11.6. The van der Waals surface area contributed by atoms with Crippen LogP contribution >= 0.6 is 0 Å². The summed E-state index contributed by atoms with van der Waals surface area (Å²) in [7, 11) is 1.64. The maximum atomic E-state index is 5.81. The lowest BCUT2D eigenvalue weighted by Gasteiger charge is -2.11. The third-order valence-corrected chi connectivity index (χ3v) is 5.17. The Labute approximate surface area is 200 Å². The van der Waals surface area contributed by atoms with E-state index in [9.17, 15) is 0 Å². The highest BCUT2D eigenvalue weighted by molar-refractivity contribution is 6.00. The number of fused-ring (bicyclic) bond motifs is 1. The van der Waals surface area contributed by atoms with Gasteiger partial charge in [0.05, 0.1) is 31.1 Å². The number of amidine groups is 1. The van der Waals surface area contributed by atoms with Crippen LogP contribution in [0.4, 0.5) is 5.69 Å². The number of rotatable bonds is 9. The molecule has 0 bridgehead atoms. The van der Waals surface area contributed by atoms with Crippen LogP contribution in [0, 0.1) is 0 Å². The highest BCUT2D eigenvalue weighted by Crippen LogP contribution is 2.27. The summed E-state index contributed by atoms with van der Waals surface area (Å²) in [6.45, 7) is 2.80. The smallest absolute Gasteiger partial charge is 0.173 e. The molecule has 1 N–H and O–H groups in total. The van der Waals surface area contributed by atoms with Gasteiger partial charge in [0.1, 0.15) is 5.69 Å². The Morgan fingerprint density at radius 1 is 0.941 bits per heavy atom. The summed E-state index contributed by atoms with van der Waals surface area (Å²) in [5, 5.41) is 5.50. The van der Waals surface area contributed by atoms with Gasteiger partial charge in [0.15, 0.2) is 17.3 Å². The summed E-state index contributed by atoms with van der Waals surface area (Å²) in [6.07, 6.45) is 3.81. The molecule has 1 aromatic heterocycles. The van der Waals surface area contributed by atoms with Crippen LogP contribution in [-0.4, -0.2) is 30.8 Å². The molecule has 1 heterocycles. The fraction of sp³-hybridized carbons (Fsp3) is 0.179. The highest BCUT2D eigenvalue weighted by Gasteiger charge is 2.08. The molecule has 0 saturated heterocycles. The van der Waals surface area contributed by atoms with E-state index < -0.39 is 0 Å². The molecular weight excluding hydrogens is 424 g/mol. The van der Waals surface area contributed by atoms with E-state index in [1.54, 1.807) is 13.3 Å². The number of hydrogen-bond donors (Lipinski definition) is 1. The van der Waals surface area contributed by atoms with E-state index in [-0.39, 0.29) is 0 Å². The van der Waals surface area contributed by atoms with Gasteiger partial charge in [-0.1, -0.05) is 55.8 Å². The molecular formula is C28H28N4O2. The first-order chi connectivity index (χ1) is 16.8. The van der Waals surface area contributed by atoms with Gasteiger partial charge in [-0.25, -0.2) is 9.98 Å². The van der Waals surface area contributed by atoms with Crippen LogP contribution in [0.25, 0.3) is 10.9 Å². The molecule has 0 radical (unpaired) electrons. The average Bonchev–Trinajstić information content (AvgIpc) is 2.89. The lowest BCUT2D eigenvalue weighted by atomic mass is 10.2. The zero-order chi connectivity index (χ0) is 23.6. The third-order valence-electron chi connectivity index (χ3n) is 5.17. The first-order valence-electron chi connectivity index (χ1n) is 11.4. The lowest BCUT2D eigenvalue weighted by molar-refractivity contribution is 0.288. The van der Waals surface area contributed by atoms with E-state index in [0.717, 1.165) is 40.7 Å². The van der Waals surface area contributed by atoms with Gasteiger partial charge in [0.2, 0.25) is 0 Å². The quantitative estimate of drug-likeness (QED) is 0.144. The molecule has 0 fully saturated rings. The number of unbranched alkanes of at least 4 members (excludes halogenated alkanes) is 1. The molecule has 4 aromatic rings. The highest BCUT2D eigenvalue weighted by atomic mass is 16.5. The van der Waals surface area contributed by atoms with Gasteiger partial charge in [-0.05, 0) is 54.4 Å². The molecule has 34 heavy (non-hydrogen) atoms. The van der Waals surface area contributed by atoms with Crippen molar-refractivity contribution in [2.75, 3.05) is 13.7 Å². The zero-order valence-electron chi connectivity index (χ0n) is 19.4. The van der Waals surface area contributed by atoms with Crippen molar-refractivity contribution in [3.8, 4) is 11.5 Å². The van der Waals surface area contributed by atoms with E-state index in [2.05, 4.69) is 17.5 Å². The first kappa shape index (κ1) is 23.0. The zero-order valence-corrected chi connectivity index (χ0v) is 19.4. The van der Waals surface area contributed by atoms with Gasteiger partial charge in [0.25, 0.3) is 0 Å². The van der Waals surface area contributed by atoms with Crippen molar-refractivity contribution in [3.63, 3.8) is 0 Å². The fourth-order valence-electron chi connectivity index (χ4n) is 3.35. The molecule has 0 aliphatic heterocycles. The predicted octanol–water partition coefficient (Wildman–Crippen LogP) is 6.12. The first-order valence-corrected chi connectivity index (χ1v) is 11.4. The van der Waals surface area contributed by atoms with Crippen LogP contribution in [-0.2, 0) is 0 Å². The number of para-hydroxylation sites is 2. The number of nitrogens with one attached hydrogen (secondary N) is 1. The summed E-state index contributed by atoms with van der Waals surface area (Å²) >= 11 is 0. The van der Waals surface area contributed by atoms with Gasteiger partial charge in [0, 0.05) is 5.39 Å². The topological polar surface area (TPSA) is 68.1 Å². The number of hydrazone groups is 1. The minimum Gasteiger partial charge on any atom is -0.493 e. The molecule has 0 aliphatic carbocycles. The maximum Gasteiger partial charge on any atom is 0.173 e. The lowest BCUT2D eigenvalue weighted by Crippen LogP contribution is -2.20. The Morgan fingerprint density at radius 2 is 1.76 bits per heavy atom. The SMILES string of the molecule is CCCCOc1ccc(C=NNC(=Nc2ccccc2)c2ccc3ccccc3n2)cc1OC. The van der Waals surface area contributed by atoms with E-state index in [4.69, 9.17) is 19.5 Å². The molecule has 172 valence electrons. The molecule has 0 aliphatic rings. The summed E-state index contributed by atoms with van der Waals surface area (Å²) in [5.41, 5.74) is 6.36. The Hall–Kier alpha value is -4.19. The number of aromatic nitrogens is 1. The summed E-state index contributed by atoms with van der Waals surface area (Å²) in [6, 6.07) is 27.4. The Balaban J connectivity index is 1.57. The van der Waals surface area contributed by atoms with Crippen LogP contribution in [0.15, 0.2) is 95.0 Å². The second-order valence-corrected chi connectivity index (χ2v) is 7.67. The van der Waals surface area contributed by atoms with Gasteiger partial charge in [-0.2, -0.15) is 5.10 Å². The average molecular weight is 453 g/mol. The molecule has 0 atom stereocenters. The monoisotopic (exact) mass is 452 g/mol. The molecule has 0 amide bonds. The number of nitrogens with zero attached hydrogens (tertiary/aromatic N) is 3. The Bertz CT molecular complexity index is 1290. The van der Waals surface area contributed by atoms with Crippen molar-refractivity contribution in [2.45, 2.75) is 19.8 Å². The van der Waals surface area contributed by atoms with E-state index in [0.29, 0.717) is 23.9 Å². The van der Waals surface area contributed by atoms with Crippen LogP contribution in [0.1, 0.15) is 31.0 Å². The van der Waals surface area contributed by atoms with Crippen molar-refractivity contribution >= 4 is 28.6 Å². The minimum absolute atomic E-state index is 0.555. The number of hydrogen-bond acceptors (Lipinski definition) is 5. The summed E-state index contributed by atoms with van der Waals surface area (Å²) in [5.74, 6) is 1.96. The van der Waals surface area contributed by atoms with Gasteiger partial charge in [-0.3, -0.25) is 5.43 Å². The molecule has 6 heteroatoms. The number of ether oxygens (including phenoxy) is 2. The number of methoxy groups -OCH3 is 1. The van der Waals surface area contributed by atoms with E-state index >= 15 is 0 Å². The van der Waals surface area contributed by atoms with Gasteiger partial charge >= 0.3 is 0 Å². The molecule has 3 aromatic carbocycles. The standard InChI is InChI=1S/C28H28N4O2/c1-3-4-18-34-26-17-14-21(19-27(26)33-2)20-29-32-28(30-23-11-6-5-7-12-23)25-16-15-22-10-8-9-13-24(22)31-25/h5-17,19-20H,3-4,18H2,1-2H3,(H,30,32). The molecule has 0 saturated carbocycles. The predicted molar refractivity (Wildman–Crippen MR) is 139 cm³/mol. The summed E-state index contributed by atoms with van der Waals surface area (Å²) in [4.78, 5) is 9.51.